The van der Waals surface area contributed by atoms with Crippen molar-refractivity contribution < 1.29 is 9.50 Å². The first-order valence-electron chi connectivity index (χ1n) is 4.63. The summed E-state index contributed by atoms with van der Waals surface area (Å²) < 4.78 is 12.8. The van der Waals surface area contributed by atoms with Crippen molar-refractivity contribution in [1.29, 1.82) is 0 Å². The molecular formula is C11H9FN2OS. The highest BCUT2D eigenvalue weighted by molar-refractivity contribution is 7.13. The maximum Gasteiger partial charge on any atom is 0.169 e. The van der Waals surface area contributed by atoms with Gasteiger partial charge in [-0.3, -0.25) is 0 Å². The van der Waals surface area contributed by atoms with Crippen molar-refractivity contribution in [2.75, 3.05) is 0 Å². The molecule has 0 aromatic carbocycles. The molecule has 3 nitrogen and oxygen atoms in total. The molecule has 0 aliphatic rings. The van der Waals surface area contributed by atoms with Crippen molar-refractivity contribution in [3.8, 4) is 10.7 Å². The molecule has 5 heteroatoms. The molecule has 0 unspecified atom stereocenters. The maximum absolute atomic E-state index is 12.8. The van der Waals surface area contributed by atoms with Crippen LogP contribution in [0.4, 0.5) is 4.39 Å². The van der Waals surface area contributed by atoms with Gasteiger partial charge in [0.2, 0.25) is 0 Å². The van der Waals surface area contributed by atoms with Gasteiger partial charge in [-0.2, -0.15) is 0 Å². The van der Waals surface area contributed by atoms with E-state index in [-0.39, 0.29) is 6.42 Å². The fourth-order valence-corrected chi connectivity index (χ4v) is 2.11. The Kier molecular flexibility index (Phi) is 3.26. The molecule has 0 fully saturated rings. The van der Waals surface area contributed by atoms with E-state index in [1.807, 2.05) is 11.4 Å². The van der Waals surface area contributed by atoms with E-state index >= 15 is 0 Å². The van der Waals surface area contributed by atoms with Gasteiger partial charge in [0.1, 0.15) is 12.1 Å². The molecule has 0 saturated carbocycles. The summed E-state index contributed by atoms with van der Waals surface area (Å²) in [7, 11) is 0. The molecule has 1 N–H and O–H groups in total. The first-order valence-corrected chi connectivity index (χ1v) is 5.51. The third-order valence-electron chi connectivity index (χ3n) is 1.95. The van der Waals surface area contributed by atoms with Crippen molar-refractivity contribution in [3.05, 3.63) is 47.6 Å². The van der Waals surface area contributed by atoms with Crippen molar-refractivity contribution in [2.24, 2.45) is 0 Å². The lowest BCUT2D eigenvalue weighted by molar-refractivity contribution is 0.435. The van der Waals surface area contributed by atoms with Crippen LogP contribution in [-0.4, -0.2) is 15.1 Å². The molecule has 0 aliphatic heterocycles. The molecule has 2 rings (SSSR count). The van der Waals surface area contributed by atoms with Gasteiger partial charge in [0.05, 0.1) is 4.88 Å². The zero-order valence-corrected chi connectivity index (χ0v) is 9.12. The predicted octanol–water partition coefficient (Wildman–Crippen LogP) is 3.12. The Hall–Kier alpha value is -1.75. The van der Waals surface area contributed by atoms with Gasteiger partial charge < -0.3 is 5.11 Å². The number of aliphatic hydroxyl groups excluding tert-OH is 1. The van der Waals surface area contributed by atoms with E-state index in [1.54, 1.807) is 18.5 Å². The van der Waals surface area contributed by atoms with Crippen molar-refractivity contribution >= 4 is 11.3 Å². The van der Waals surface area contributed by atoms with Gasteiger partial charge in [-0.25, -0.2) is 14.4 Å². The van der Waals surface area contributed by atoms with Crippen LogP contribution in [0.15, 0.2) is 42.0 Å². The molecule has 2 aromatic heterocycles. The normalized spacial score (nSPS) is 11.7. The van der Waals surface area contributed by atoms with Gasteiger partial charge in [-0.15, -0.1) is 11.3 Å². The summed E-state index contributed by atoms with van der Waals surface area (Å²) in [6, 6.07) is 3.56. The van der Waals surface area contributed by atoms with Crippen LogP contribution in [0, 0.1) is 0 Å². The third kappa shape index (κ3) is 2.43. The highest BCUT2D eigenvalue weighted by atomic mass is 32.1. The number of hydrogen-bond acceptors (Lipinski definition) is 4. The third-order valence-corrected chi connectivity index (χ3v) is 2.93. The average Bonchev–Trinajstić information content (AvgIpc) is 2.78. The minimum absolute atomic E-state index is 0.0971. The average molecular weight is 236 g/mol. The van der Waals surface area contributed by atoms with Gasteiger partial charge in [-0.05, 0) is 23.1 Å². The lowest BCUT2D eigenvalue weighted by Crippen LogP contribution is -1.84. The van der Waals surface area contributed by atoms with E-state index in [2.05, 4.69) is 9.97 Å². The maximum atomic E-state index is 12.8. The lowest BCUT2D eigenvalue weighted by atomic mass is 10.2. The molecular weight excluding hydrogens is 227 g/mol. The monoisotopic (exact) mass is 236 g/mol. The number of aromatic nitrogens is 2. The van der Waals surface area contributed by atoms with Crippen LogP contribution in [0.25, 0.3) is 10.7 Å². The SMILES string of the molecule is O/C=C(\F)Cc1csc(-c2ncccn2)c1. The molecule has 0 spiro atoms. The second kappa shape index (κ2) is 4.85. The Balaban J connectivity index is 2.20. The Labute approximate surface area is 95.9 Å². The first kappa shape index (κ1) is 10.8. The zero-order chi connectivity index (χ0) is 11.4. The van der Waals surface area contributed by atoms with E-state index in [1.165, 1.54) is 11.3 Å². The summed E-state index contributed by atoms with van der Waals surface area (Å²) in [5.41, 5.74) is 0.801. The second-order valence-corrected chi connectivity index (χ2v) is 4.06. The largest absolute Gasteiger partial charge is 0.513 e. The molecule has 0 amide bonds. The van der Waals surface area contributed by atoms with Gasteiger partial charge in [0, 0.05) is 18.8 Å². The smallest absolute Gasteiger partial charge is 0.169 e. The molecule has 2 aromatic rings. The summed E-state index contributed by atoms with van der Waals surface area (Å²) in [4.78, 5) is 9.10. The van der Waals surface area contributed by atoms with E-state index in [4.69, 9.17) is 5.11 Å². The Morgan fingerprint density at radius 3 is 2.88 bits per heavy atom. The predicted molar refractivity (Wildman–Crippen MR) is 60.9 cm³/mol. The van der Waals surface area contributed by atoms with E-state index < -0.39 is 5.83 Å². The van der Waals surface area contributed by atoms with Crippen LogP contribution in [0.5, 0.6) is 0 Å². The minimum Gasteiger partial charge on any atom is -0.513 e. The van der Waals surface area contributed by atoms with Gasteiger partial charge in [-0.1, -0.05) is 0 Å². The molecule has 0 atom stereocenters. The van der Waals surface area contributed by atoms with Crippen molar-refractivity contribution in [3.63, 3.8) is 0 Å². The summed E-state index contributed by atoms with van der Waals surface area (Å²) in [5.74, 6) is 0.0745. The van der Waals surface area contributed by atoms with Crippen molar-refractivity contribution in [2.45, 2.75) is 6.42 Å². The quantitative estimate of drug-likeness (QED) is 0.833. The van der Waals surface area contributed by atoms with Gasteiger partial charge in [0.25, 0.3) is 0 Å². The zero-order valence-electron chi connectivity index (χ0n) is 8.30. The molecule has 0 radical (unpaired) electrons. The molecule has 0 saturated heterocycles. The van der Waals surface area contributed by atoms with Gasteiger partial charge >= 0.3 is 0 Å². The fourth-order valence-electron chi connectivity index (χ4n) is 1.25. The summed E-state index contributed by atoms with van der Waals surface area (Å²) in [5, 5.41) is 10.3. The molecule has 2 heterocycles. The first-order chi connectivity index (χ1) is 7.79. The van der Waals surface area contributed by atoms with E-state index in [0.29, 0.717) is 12.1 Å². The number of thiophene rings is 1. The number of hydrogen-bond donors (Lipinski definition) is 1. The van der Waals surface area contributed by atoms with E-state index in [9.17, 15) is 4.39 Å². The number of allylic oxidation sites excluding steroid dienone is 1. The number of aliphatic hydroxyl groups is 1. The Morgan fingerprint density at radius 1 is 1.44 bits per heavy atom. The summed E-state index contributed by atoms with van der Waals surface area (Å²) in [6.07, 6.45) is 3.90. The minimum atomic E-state index is -0.557. The highest BCUT2D eigenvalue weighted by Crippen LogP contribution is 2.25. The number of halogens is 1. The van der Waals surface area contributed by atoms with Crippen molar-refractivity contribution in [1.82, 2.24) is 9.97 Å². The van der Waals surface area contributed by atoms with E-state index in [0.717, 1.165) is 10.4 Å². The van der Waals surface area contributed by atoms with Crippen LogP contribution in [0.3, 0.4) is 0 Å². The Morgan fingerprint density at radius 2 is 2.19 bits per heavy atom. The van der Waals surface area contributed by atoms with Crippen LogP contribution in [0.1, 0.15) is 5.56 Å². The molecule has 16 heavy (non-hydrogen) atoms. The Bertz CT molecular complexity index is 496. The topological polar surface area (TPSA) is 46.0 Å². The lowest BCUT2D eigenvalue weighted by Gasteiger charge is -1.93. The van der Waals surface area contributed by atoms with Crippen LogP contribution >= 0.6 is 11.3 Å². The number of nitrogens with zero attached hydrogens (tertiary/aromatic N) is 2. The van der Waals surface area contributed by atoms with Gasteiger partial charge in [0.15, 0.2) is 5.82 Å². The number of rotatable bonds is 3. The standard InChI is InChI=1S/C11H9FN2OS/c12-9(6-15)4-8-5-10(16-7-8)11-13-2-1-3-14-11/h1-3,5-7,15H,4H2/b9-6-. The fraction of sp³-hybridized carbons (Fsp3) is 0.0909. The highest BCUT2D eigenvalue weighted by Gasteiger charge is 2.06. The molecule has 0 bridgehead atoms. The van der Waals surface area contributed by atoms with Crippen LogP contribution < -0.4 is 0 Å². The summed E-state index contributed by atoms with van der Waals surface area (Å²) in [6.45, 7) is 0. The van der Waals surface area contributed by atoms with Crippen LogP contribution in [-0.2, 0) is 6.42 Å². The second-order valence-electron chi connectivity index (χ2n) is 3.14. The summed E-state index contributed by atoms with van der Waals surface area (Å²) >= 11 is 1.45. The van der Waals surface area contributed by atoms with Crippen LogP contribution in [0.2, 0.25) is 0 Å². The molecule has 0 aliphatic carbocycles. The molecule has 82 valence electrons.